The Morgan fingerprint density at radius 3 is 2.25 bits per heavy atom. The largest absolute Gasteiger partial charge is 0.508 e. The van der Waals surface area contributed by atoms with E-state index in [1.54, 1.807) is 24.3 Å². The summed E-state index contributed by atoms with van der Waals surface area (Å²) in [5.41, 5.74) is 18.8. The highest BCUT2D eigenvalue weighted by Gasteiger charge is 2.30. The number of benzene rings is 2. The zero-order valence-corrected chi connectivity index (χ0v) is 20.2. The number of phenols is 1. The lowest BCUT2D eigenvalue weighted by molar-refractivity contribution is -0.133. The number of aliphatic hydroxyl groups excluding tert-OH is 1. The Labute approximate surface area is 235 Å². The summed E-state index contributed by atoms with van der Waals surface area (Å²) in [6.45, 7) is 0.106. The Balaban J connectivity index is 0.00000507. The van der Waals surface area contributed by atoms with Crippen LogP contribution in [0.1, 0.15) is 39.8 Å². The van der Waals surface area contributed by atoms with Crippen molar-refractivity contribution in [2.75, 3.05) is 19.6 Å². The number of carbonyl (C=O) groups excluding carboxylic acids is 3. The maximum absolute atomic E-state index is 14.8. The molecule has 2 aromatic carbocycles. The minimum Gasteiger partial charge on any atom is -0.508 e. The molecule has 40 heavy (non-hydrogen) atoms. The summed E-state index contributed by atoms with van der Waals surface area (Å²) in [5.74, 6) is -2.75. The first-order chi connectivity index (χ1) is 17.6. The van der Waals surface area contributed by atoms with E-state index in [9.17, 15) is 29.0 Å². The quantitative estimate of drug-likeness (QED) is 0.244. The summed E-state index contributed by atoms with van der Waals surface area (Å²) < 4.78 is 14.8. The van der Waals surface area contributed by atoms with E-state index in [0.29, 0.717) is 16.7 Å². The van der Waals surface area contributed by atoms with Crippen molar-refractivity contribution in [2.24, 2.45) is 17.2 Å². The van der Waals surface area contributed by atoms with Gasteiger partial charge in [-0.1, -0.05) is 34.4 Å². The zero-order valence-electron chi connectivity index (χ0n) is 20.2. The number of phenolic OH excluding ortho intramolecular Hbond substituents is 1. The molecule has 0 saturated heterocycles. The molecule has 1 aliphatic rings. The van der Waals surface area contributed by atoms with E-state index in [2.05, 4.69) is 16.0 Å². The molecule has 0 aromatic heterocycles. The van der Waals surface area contributed by atoms with Crippen molar-refractivity contribution < 1.29 is 29.0 Å². The lowest BCUT2D eigenvalue weighted by Gasteiger charge is -2.25. The first kappa shape index (κ1) is 36.4. The van der Waals surface area contributed by atoms with E-state index in [-0.39, 0.29) is 72.5 Å². The minimum absolute atomic E-state index is 0. The van der Waals surface area contributed by atoms with Crippen molar-refractivity contribution in [1.29, 1.82) is 0 Å². The number of rotatable bonds is 6. The fourth-order valence-electron chi connectivity index (χ4n) is 4.07. The van der Waals surface area contributed by atoms with Gasteiger partial charge in [0.2, 0.25) is 17.7 Å². The van der Waals surface area contributed by atoms with Gasteiger partial charge in [0.1, 0.15) is 23.7 Å². The molecule has 0 fully saturated rings. The summed E-state index contributed by atoms with van der Waals surface area (Å²) in [5, 5.41) is 28.1. The van der Waals surface area contributed by atoms with E-state index >= 15 is 0 Å². The Kier molecular flexibility index (Phi) is 15.0. The number of hydrogen-bond donors (Lipinski definition) is 8. The zero-order chi connectivity index (χ0) is 27.1. The highest BCUT2D eigenvalue weighted by atomic mass is 19.1. The standard InChI is InChI=1S/C25H33FN6O5.3CH4/c26-18-3-1-13-7-15(18)10-20(24(36)30-6-5-27)32-25(37)21(11-17(33)12-28)31-23(35)19(29)9-16-8-14(13)2-4-22(16)34;;;/h1-4,7-8,17,19-21,33-34H,5-6,9-12,27-29H2,(H,30,36)(H,31,35)(H,32,37);3*1H4/t17-,19+,20+,21+;;;/m1.../s1. The molecule has 11 nitrogen and oxygen atoms in total. The third-order valence-corrected chi connectivity index (χ3v) is 6.15. The number of amides is 3. The summed E-state index contributed by atoms with van der Waals surface area (Å²) in [7, 11) is 0. The van der Waals surface area contributed by atoms with Gasteiger partial charge in [-0.15, -0.1) is 0 Å². The van der Waals surface area contributed by atoms with E-state index in [4.69, 9.17) is 17.2 Å². The van der Waals surface area contributed by atoms with Crippen LogP contribution in [0.4, 0.5) is 4.39 Å². The molecular formula is C28H45FN6O5. The molecule has 0 unspecified atom stereocenters. The summed E-state index contributed by atoms with van der Waals surface area (Å²) in [4.78, 5) is 39.0. The first-order valence-electron chi connectivity index (χ1n) is 12.0. The molecule has 0 aliphatic carbocycles. The van der Waals surface area contributed by atoms with Crippen LogP contribution in [0, 0.1) is 5.82 Å². The number of halogens is 1. The molecular weight excluding hydrogens is 519 g/mol. The number of nitrogens with one attached hydrogen (secondary N) is 3. The lowest BCUT2D eigenvalue weighted by Crippen LogP contribution is -2.57. The lowest BCUT2D eigenvalue weighted by atomic mass is 9.95. The molecule has 0 spiro atoms. The van der Waals surface area contributed by atoms with Gasteiger partial charge < -0.3 is 43.4 Å². The summed E-state index contributed by atoms with van der Waals surface area (Å²) in [6.07, 6.45) is -1.64. The first-order valence-corrected chi connectivity index (χ1v) is 12.0. The van der Waals surface area contributed by atoms with Crippen LogP contribution >= 0.6 is 0 Å². The van der Waals surface area contributed by atoms with Crippen LogP contribution in [0.25, 0.3) is 11.1 Å². The van der Waals surface area contributed by atoms with Crippen LogP contribution in [0.3, 0.4) is 0 Å². The van der Waals surface area contributed by atoms with Gasteiger partial charge in [-0.3, -0.25) is 14.4 Å². The van der Waals surface area contributed by atoms with Crippen LogP contribution in [-0.4, -0.2) is 71.8 Å². The predicted octanol–water partition coefficient (Wildman–Crippen LogP) is 0.287. The molecule has 1 aliphatic heterocycles. The highest BCUT2D eigenvalue weighted by molar-refractivity contribution is 5.93. The van der Waals surface area contributed by atoms with Crippen LogP contribution in [-0.2, 0) is 27.2 Å². The molecule has 0 saturated carbocycles. The Morgan fingerprint density at radius 2 is 1.62 bits per heavy atom. The smallest absolute Gasteiger partial charge is 0.243 e. The van der Waals surface area contributed by atoms with E-state index < -0.39 is 47.8 Å². The molecule has 3 amide bonds. The van der Waals surface area contributed by atoms with Gasteiger partial charge in [-0.2, -0.15) is 0 Å². The predicted molar refractivity (Wildman–Crippen MR) is 155 cm³/mol. The summed E-state index contributed by atoms with van der Waals surface area (Å²) >= 11 is 0. The fraction of sp³-hybridized carbons (Fsp3) is 0.464. The van der Waals surface area contributed by atoms with Crippen molar-refractivity contribution >= 4 is 17.7 Å². The summed E-state index contributed by atoms with van der Waals surface area (Å²) in [6, 6.07) is 5.43. The van der Waals surface area contributed by atoms with Gasteiger partial charge in [-0.25, -0.2) is 4.39 Å². The molecule has 224 valence electrons. The van der Waals surface area contributed by atoms with Crippen molar-refractivity contribution in [3.63, 3.8) is 0 Å². The SMILES string of the molecule is C.C.C.NCCNC(=O)[C@@H]1Cc2cc(ccc2F)-c2ccc(O)c(c2)C[C@H](N)C(=O)N[C@@H](C[C@@H](O)CN)C(=O)N1. The fourth-order valence-corrected chi connectivity index (χ4v) is 4.07. The minimum atomic E-state index is -1.29. The molecule has 3 rings (SSSR count). The van der Waals surface area contributed by atoms with Crippen molar-refractivity contribution in [3.05, 3.63) is 53.3 Å². The second kappa shape index (κ2) is 16.5. The van der Waals surface area contributed by atoms with Gasteiger partial charge in [-0.05, 0) is 46.5 Å². The molecule has 4 bridgehead atoms. The number of aliphatic hydroxyl groups is 1. The Morgan fingerprint density at radius 1 is 1.00 bits per heavy atom. The number of nitrogens with two attached hydrogens (primary N) is 3. The van der Waals surface area contributed by atoms with Crippen LogP contribution < -0.4 is 33.2 Å². The van der Waals surface area contributed by atoms with Gasteiger partial charge >= 0.3 is 0 Å². The van der Waals surface area contributed by atoms with Crippen LogP contribution in [0.2, 0.25) is 0 Å². The van der Waals surface area contributed by atoms with Gasteiger partial charge in [0.15, 0.2) is 0 Å². The maximum atomic E-state index is 14.8. The molecule has 4 atom stereocenters. The second-order valence-electron chi connectivity index (χ2n) is 8.99. The van der Waals surface area contributed by atoms with E-state index in [1.807, 2.05) is 0 Å². The molecule has 0 radical (unpaired) electrons. The molecule has 1 heterocycles. The van der Waals surface area contributed by atoms with Crippen molar-refractivity contribution in [1.82, 2.24) is 16.0 Å². The topological polar surface area (TPSA) is 206 Å². The van der Waals surface area contributed by atoms with Gasteiger partial charge in [0.25, 0.3) is 0 Å². The molecule has 11 N–H and O–H groups in total. The number of fused-ring (bicyclic) bond motifs is 5. The van der Waals surface area contributed by atoms with Crippen LogP contribution in [0.15, 0.2) is 36.4 Å². The van der Waals surface area contributed by atoms with Crippen molar-refractivity contribution in [2.45, 2.75) is 65.8 Å². The normalized spacial score (nSPS) is 19.6. The Bertz CT molecular complexity index is 1150. The molecule has 12 heteroatoms. The number of hydrogen-bond acceptors (Lipinski definition) is 8. The molecule has 2 aromatic rings. The number of aromatic hydroxyl groups is 1. The second-order valence-corrected chi connectivity index (χ2v) is 8.99. The van der Waals surface area contributed by atoms with E-state index in [1.165, 1.54) is 12.1 Å². The third kappa shape index (κ3) is 9.26. The highest BCUT2D eigenvalue weighted by Crippen LogP contribution is 2.28. The number of carbonyl (C=O) groups is 3. The van der Waals surface area contributed by atoms with E-state index in [0.717, 1.165) is 0 Å². The van der Waals surface area contributed by atoms with Crippen molar-refractivity contribution in [3.8, 4) is 16.9 Å². The maximum Gasteiger partial charge on any atom is 0.243 e. The average molecular weight is 565 g/mol. The average Bonchev–Trinajstić information content (AvgIpc) is 2.88. The Hall–Kier alpha value is -3.58. The van der Waals surface area contributed by atoms with Gasteiger partial charge in [0.05, 0.1) is 12.1 Å². The third-order valence-electron chi connectivity index (χ3n) is 6.15. The monoisotopic (exact) mass is 564 g/mol. The van der Waals surface area contributed by atoms with Gasteiger partial charge in [0, 0.05) is 38.9 Å². The van der Waals surface area contributed by atoms with Crippen LogP contribution in [0.5, 0.6) is 5.75 Å².